The van der Waals surface area contributed by atoms with E-state index in [2.05, 4.69) is 6.92 Å². The molecule has 0 heterocycles. The van der Waals surface area contributed by atoms with Crippen molar-refractivity contribution in [2.75, 3.05) is 6.61 Å². The van der Waals surface area contributed by atoms with Crippen molar-refractivity contribution in [3.8, 4) is 0 Å². The van der Waals surface area contributed by atoms with Gasteiger partial charge in [0, 0.05) is 0 Å². The third-order valence-electron chi connectivity index (χ3n) is 2.45. The molecule has 1 atom stereocenters. The van der Waals surface area contributed by atoms with Crippen LogP contribution < -0.4 is 0 Å². The van der Waals surface area contributed by atoms with E-state index in [1.165, 1.54) is 5.87 Å². The molecule has 0 aliphatic carbocycles. The molecule has 4 nitrogen and oxygen atoms in total. The highest BCUT2D eigenvalue weighted by atomic mass is 16.5. The van der Waals surface area contributed by atoms with Gasteiger partial charge in [-0.2, -0.15) is 0 Å². The van der Waals surface area contributed by atoms with Crippen LogP contribution in [-0.2, 0) is 14.3 Å². The summed E-state index contributed by atoms with van der Waals surface area (Å²) in [7, 11) is 0. The van der Waals surface area contributed by atoms with E-state index >= 15 is 0 Å². The minimum atomic E-state index is -0.813. The first-order valence-electron chi connectivity index (χ1n) is 5.58. The van der Waals surface area contributed by atoms with Gasteiger partial charge >= 0.3 is 5.97 Å². The lowest BCUT2D eigenvalue weighted by Gasteiger charge is -2.14. The van der Waals surface area contributed by atoms with Gasteiger partial charge in [0.05, 0.1) is 6.61 Å². The van der Waals surface area contributed by atoms with Crippen LogP contribution in [0.5, 0.6) is 0 Å². The molecule has 0 N–H and O–H groups in total. The molecule has 0 amide bonds. The standard InChI is InChI=1S/C12H18NO3/c1-3-5-6-10(4-2)9-16-12(15)11(7-13)8-14/h8,10H,3-6,9H2,1-2H3/q-1. The number of ether oxygens (including phenoxy) is 1. The fraction of sp³-hybridized carbons (Fsp3) is 0.667. The number of hydrogen-bond acceptors (Lipinski definition) is 3. The summed E-state index contributed by atoms with van der Waals surface area (Å²) in [6.45, 7) is 4.42. The Morgan fingerprint density at radius 2 is 2.19 bits per heavy atom. The number of unbranched alkanes of at least 4 members (excludes halogenated alkanes) is 1. The molecule has 0 spiro atoms. The molecule has 0 fully saturated rings. The topological polar surface area (TPSA) is 65.7 Å². The maximum absolute atomic E-state index is 11.2. The van der Waals surface area contributed by atoms with Crippen LogP contribution in [0.4, 0.5) is 0 Å². The van der Waals surface area contributed by atoms with Crippen LogP contribution in [0.3, 0.4) is 0 Å². The van der Waals surface area contributed by atoms with Gasteiger partial charge in [-0.25, -0.2) is 4.79 Å². The lowest BCUT2D eigenvalue weighted by atomic mass is 10.0. The van der Waals surface area contributed by atoms with Crippen LogP contribution in [-0.4, -0.2) is 24.7 Å². The summed E-state index contributed by atoms with van der Waals surface area (Å²) in [5.41, 5.74) is -0.467. The summed E-state index contributed by atoms with van der Waals surface area (Å²) in [4.78, 5) is 21.5. The molecule has 16 heavy (non-hydrogen) atoms. The monoisotopic (exact) mass is 224 g/mol. The maximum atomic E-state index is 11.2. The van der Waals surface area contributed by atoms with Gasteiger partial charge in [-0.05, 0) is 12.3 Å². The van der Waals surface area contributed by atoms with Gasteiger partial charge < -0.3 is 10.1 Å². The summed E-state index contributed by atoms with van der Waals surface area (Å²) in [6, 6.07) is 0. The predicted molar refractivity (Wildman–Crippen MR) is 62.2 cm³/mol. The van der Waals surface area contributed by atoms with Crippen LogP contribution in [0.1, 0.15) is 39.5 Å². The van der Waals surface area contributed by atoms with Crippen molar-refractivity contribution in [2.24, 2.45) is 5.92 Å². The van der Waals surface area contributed by atoms with E-state index in [4.69, 9.17) is 10.1 Å². The molecule has 0 rings (SSSR count). The van der Waals surface area contributed by atoms with Crippen LogP contribution in [0, 0.1) is 5.92 Å². The smallest absolute Gasteiger partial charge is 0.347 e. The third kappa shape index (κ3) is 5.47. The van der Waals surface area contributed by atoms with Gasteiger partial charge in [-0.3, -0.25) is 10.7 Å². The van der Waals surface area contributed by atoms with E-state index < -0.39 is 11.5 Å². The third-order valence-corrected chi connectivity index (χ3v) is 2.45. The molecule has 0 aromatic rings. The molecule has 0 saturated heterocycles. The number of carbonyl (C=O) groups is 2. The normalized spacial score (nSPS) is 11.4. The summed E-state index contributed by atoms with van der Waals surface area (Å²) in [5.74, 6) is 1.01. The lowest BCUT2D eigenvalue weighted by molar-refractivity contribution is -0.140. The van der Waals surface area contributed by atoms with E-state index in [0.717, 1.165) is 25.7 Å². The molecule has 0 aliphatic heterocycles. The largest absolute Gasteiger partial charge is 0.762 e. The van der Waals surface area contributed by atoms with Gasteiger partial charge in [-0.1, -0.05) is 33.1 Å². The molecule has 0 saturated carbocycles. The highest BCUT2D eigenvalue weighted by Gasteiger charge is 2.12. The molecule has 90 valence electrons. The van der Waals surface area contributed by atoms with Crippen LogP contribution in [0.2, 0.25) is 0 Å². The highest BCUT2D eigenvalue weighted by Crippen LogP contribution is 2.13. The van der Waals surface area contributed by atoms with E-state index in [9.17, 15) is 9.59 Å². The second kappa shape index (κ2) is 8.86. The highest BCUT2D eigenvalue weighted by molar-refractivity contribution is 6.15. The zero-order chi connectivity index (χ0) is 12.4. The number of rotatable bonds is 8. The van der Waals surface area contributed by atoms with Crippen molar-refractivity contribution in [1.29, 1.82) is 0 Å². The predicted octanol–water partition coefficient (Wildman–Crippen LogP) is 2.11. The number of nitrogens with zero attached hydrogens (tertiary/aromatic N) is 1. The van der Waals surface area contributed by atoms with Crippen molar-refractivity contribution < 1.29 is 14.3 Å². The molecule has 4 heteroatoms. The Balaban J connectivity index is 4.06. The van der Waals surface area contributed by atoms with E-state index in [1.807, 2.05) is 6.92 Å². The van der Waals surface area contributed by atoms with Crippen molar-refractivity contribution >= 4 is 18.1 Å². The lowest BCUT2D eigenvalue weighted by Crippen LogP contribution is -2.16. The van der Waals surface area contributed by atoms with E-state index in [-0.39, 0.29) is 12.9 Å². The van der Waals surface area contributed by atoms with Gasteiger partial charge in [0.15, 0.2) is 6.29 Å². The average molecular weight is 224 g/mol. The Bertz CT molecular complexity index is 280. The number of esters is 1. The molecule has 0 aromatic carbocycles. The molecule has 1 unspecified atom stereocenters. The first kappa shape index (κ1) is 14.6. The molecular weight excluding hydrogens is 206 g/mol. The number of hydrogen-bond donors (Lipinski definition) is 0. The average Bonchev–Trinajstić information content (AvgIpc) is 2.31. The quantitative estimate of drug-likeness (QED) is 0.158. The Morgan fingerprint density at radius 3 is 2.62 bits per heavy atom. The Labute approximate surface area is 96.2 Å². The molecule has 0 radical (unpaired) electrons. The number of carbonyl (C=O) groups excluding carboxylic acids is 2. The molecule has 0 aliphatic rings. The summed E-state index contributed by atoms with van der Waals surface area (Å²) >= 11 is 0. The number of aldehydes is 1. The van der Waals surface area contributed by atoms with Gasteiger partial charge in [-0.15, -0.1) is 0 Å². The van der Waals surface area contributed by atoms with Crippen LogP contribution in [0.25, 0.3) is 5.41 Å². The van der Waals surface area contributed by atoms with Crippen molar-refractivity contribution in [3.05, 3.63) is 11.0 Å². The summed E-state index contributed by atoms with van der Waals surface area (Å²) in [6.07, 6.45) is 4.36. The Kier molecular flexibility index (Phi) is 8.08. The zero-order valence-electron chi connectivity index (χ0n) is 9.86. The van der Waals surface area contributed by atoms with Crippen LogP contribution >= 0.6 is 0 Å². The fourth-order valence-electron chi connectivity index (χ4n) is 1.29. The van der Waals surface area contributed by atoms with Gasteiger partial charge in [0.2, 0.25) is 0 Å². The summed E-state index contributed by atoms with van der Waals surface area (Å²) < 4.78 is 4.91. The minimum Gasteiger partial charge on any atom is -0.762 e. The van der Waals surface area contributed by atoms with Crippen molar-refractivity contribution in [1.82, 2.24) is 0 Å². The summed E-state index contributed by atoms with van der Waals surface area (Å²) in [5, 5.41) is 8.44. The van der Waals surface area contributed by atoms with Gasteiger partial charge in [0.1, 0.15) is 5.57 Å². The maximum Gasteiger partial charge on any atom is 0.347 e. The fourth-order valence-corrected chi connectivity index (χ4v) is 1.29. The second-order valence-corrected chi connectivity index (χ2v) is 3.66. The van der Waals surface area contributed by atoms with E-state index in [1.54, 1.807) is 0 Å². The second-order valence-electron chi connectivity index (χ2n) is 3.66. The molecule has 0 bridgehead atoms. The van der Waals surface area contributed by atoms with Crippen molar-refractivity contribution in [2.45, 2.75) is 39.5 Å². The molecular formula is C12H18NO3-. The first-order chi connectivity index (χ1) is 7.69. The van der Waals surface area contributed by atoms with Gasteiger partial charge in [0.25, 0.3) is 0 Å². The van der Waals surface area contributed by atoms with Crippen molar-refractivity contribution in [3.63, 3.8) is 0 Å². The molecule has 0 aromatic heterocycles. The Hall–Kier alpha value is -1.41. The SMILES string of the molecule is CCCCC(CC)COC(=O)C(=C=[N-])C=O. The first-order valence-corrected chi connectivity index (χ1v) is 5.58. The van der Waals surface area contributed by atoms with E-state index in [0.29, 0.717) is 5.92 Å². The Morgan fingerprint density at radius 1 is 1.50 bits per heavy atom. The van der Waals surface area contributed by atoms with Crippen LogP contribution in [0.15, 0.2) is 5.57 Å². The zero-order valence-corrected chi connectivity index (χ0v) is 9.86. The minimum absolute atomic E-state index is 0.231.